The monoisotopic (exact) mass is 498 g/mol. The lowest BCUT2D eigenvalue weighted by molar-refractivity contribution is -0.120. The van der Waals surface area contributed by atoms with Crippen LogP contribution >= 0.6 is 0 Å². The van der Waals surface area contributed by atoms with E-state index in [9.17, 15) is 9.59 Å². The van der Waals surface area contributed by atoms with E-state index in [1.807, 2.05) is 102 Å². The third-order valence-corrected chi connectivity index (χ3v) is 6.27. The maximum atomic E-state index is 13.5. The third kappa shape index (κ3) is 6.55. The summed E-state index contributed by atoms with van der Waals surface area (Å²) in [5, 5.41) is 3.00. The van der Waals surface area contributed by atoms with Gasteiger partial charge in [0.15, 0.2) is 0 Å². The van der Waals surface area contributed by atoms with Crippen molar-refractivity contribution in [2.75, 3.05) is 18.6 Å². The van der Waals surface area contributed by atoms with E-state index in [0.717, 1.165) is 40.3 Å². The molecule has 2 amide bonds. The molecule has 0 aliphatic heterocycles. The molecule has 4 aromatic rings. The number of nitrogens with one attached hydrogen (secondary N) is 1. The van der Waals surface area contributed by atoms with Crippen LogP contribution in [0.1, 0.15) is 31.7 Å². The first-order valence-corrected chi connectivity index (χ1v) is 12.7. The van der Waals surface area contributed by atoms with Crippen LogP contribution in [-0.4, -0.2) is 41.1 Å². The Bertz CT molecular complexity index is 1330. The number of carbonyl (C=O) groups is 2. The Morgan fingerprint density at radius 1 is 0.973 bits per heavy atom. The summed E-state index contributed by atoms with van der Waals surface area (Å²) in [6, 6.07) is 25.2. The van der Waals surface area contributed by atoms with Gasteiger partial charge in [0.2, 0.25) is 11.8 Å². The summed E-state index contributed by atoms with van der Waals surface area (Å²) in [4.78, 5) is 32.5. The van der Waals surface area contributed by atoms with Crippen molar-refractivity contribution in [3.05, 3.63) is 90.3 Å². The molecule has 1 aromatic heterocycles. The van der Waals surface area contributed by atoms with Gasteiger partial charge in [0, 0.05) is 24.7 Å². The highest BCUT2D eigenvalue weighted by molar-refractivity contribution is 5.94. The second kappa shape index (κ2) is 12.2. The van der Waals surface area contributed by atoms with Crippen molar-refractivity contribution in [1.29, 1.82) is 0 Å². The van der Waals surface area contributed by atoms with Crippen molar-refractivity contribution >= 4 is 28.5 Å². The molecule has 1 N–H and O–H groups in total. The average molecular weight is 499 g/mol. The highest BCUT2D eigenvalue weighted by Gasteiger charge is 2.21. The van der Waals surface area contributed by atoms with Crippen LogP contribution in [0.15, 0.2) is 78.9 Å². The number of amides is 2. The maximum Gasteiger partial charge on any atom is 0.247 e. The molecule has 1 heterocycles. The van der Waals surface area contributed by atoms with Crippen LogP contribution in [0.3, 0.4) is 0 Å². The number of ether oxygens (including phenoxy) is 1. The molecule has 0 radical (unpaired) electrons. The number of aryl methyl sites for hydroxylation is 1. The molecule has 0 saturated heterocycles. The van der Waals surface area contributed by atoms with Gasteiger partial charge in [-0.2, -0.15) is 0 Å². The third-order valence-electron chi connectivity index (χ3n) is 6.27. The maximum absolute atomic E-state index is 13.5. The summed E-state index contributed by atoms with van der Waals surface area (Å²) < 4.78 is 7.18. The molecule has 0 bridgehead atoms. The van der Waals surface area contributed by atoms with Crippen molar-refractivity contribution in [1.82, 2.24) is 14.9 Å². The SMILES string of the molecule is COc1ccc(CC(=O)NCCCc2nc3ccccc3n2CC(=O)N(c2ccccc2)C(C)C)cc1. The number of aromatic nitrogens is 2. The summed E-state index contributed by atoms with van der Waals surface area (Å²) in [5.41, 5.74) is 3.62. The van der Waals surface area contributed by atoms with E-state index in [-0.39, 0.29) is 24.4 Å². The first kappa shape index (κ1) is 25.9. The lowest BCUT2D eigenvalue weighted by Crippen LogP contribution is -2.39. The van der Waals surface area contributed by atoms with E-state index < -0.39 is 0 Å². The van der Waals surface area contributed by atoms with Crippen LogP contribution in [0.25, 0.3) is 11.0 Å². The fraction of sp³-hybridized carbons (Fsp3) is 0.300. The summed E-state index contributed by atoms with van der Waals surface area (Å²) in [5.74, 6) is 1.60. The number of fused-ring (bicyclic) bond motifs is 1. The molecule has 37 heavy (non-hydrogen) atoms. The molecule has 0 atom stereocenters. The lowest BCUT2D eigenvalue weighted by atomic mass is 10.1. The number of imidazole rings is 1. The Morgan fingerprint density at radius 3 is 2.38 bits per heavy atom. The van der Waals surface area contributed by atoms with Crippen LogP contribution in [0, 0.1) is 0 Å². The highest BCUT2D eigenvalue weighted by Crippen LogP contribution is 2.21. The van der Waals surface area contributed by atoms with Crippen molar-refractivity contribution < 1.29 is 14.3 Å². The molecular formula is C30H34N4O3. The highest BCUT2D eigenvalue weighted by atomic mass is 16.5. The molecule has 0 aliphatic carbocycles. The van der Waals surface area contributed by atoms with Crippen LogP contribution in [0.4, 0.5) is 5.69 Å². The average Bonchev–Trinajstić information content (AvgIpc) is 3.24. The van der Waals surface area contributed by atoms with Gasteiger partial charge in [0.25, 0.3) is 0 Å². The number of benzene rings is 3. The van der Waals surface area contributed by atoms with E-state index >= 15 is 0 Å². The minimum absolute atomic E-state index is 0.0124. The fourth-order valence-electron chi connectivity index (χ4n) is 4.49. The van der Waals surface area contributed by atoms with Crippen molar-refractivity contribution in [3.63, 3.8) is 0 Å². The van der Waals surface area contributed by atoms with Gasteiger partial charge in [-0.3, -0.25) is 9.59 Å². The topological polar surface area (TPSA) is 76.5 Å². The molecule has 0 aliphatic rings. The molecular weight excluding hydrogens is 464 g/mol. The van der Waals surface area contributed by atoms with Crippen LogP contribution in [0.5, 0.6) is 5.75 Å². The standard InChI is InChI=1S/C30H34N4O3/c1-22(2)34(24-10-5-4-6-11-24)30(36)21-33-27-13-8-7-12-26(27)32-28(33)14-9-19-31-29(35)20-23-15-17-25(37-3)18-16-23/h4-8,10-13,15-18,22H,9,14,19-21H2,1-3H3,(H,31,35). The predicted molar refractivity (Wildman–Crippen MR) is 147 cm³/mol. The molecule has 0 saturated carbocycles. The zero-order chi connectivity index (χ0) is 26.2. The van der Waals surface area contributed by atoms with E-state index in [0.29, 0.717) is 19.4 Å². The lowest BCUT2D eigenvalue weighted by Gasteiger charge is -2.27. The Hall–Kier alpha value is -4.13. The Morgan fingerprint density at radius 2 is 1.68 bits per heavy atom. The summed E-state index contributed by atoms with van der Waals surface area (Å²) >= 11 is 0. The molecule has 0 fully saturated rings. The van der Waals surface area contributed by atoms with E-state index in [2.05, 4.69) is 5.32 Å². The van der Waals surface area contributed by atoms with Crippen molar-refractivity contribution in [3.8, 4) is 5.75 Å². The minimum atomic E-state index is -0.0238. The zero-order valence-electron chi connectivity index (χ0n) is 21.7. The largest absolute Gasteiger partial charge is 0.497 e. The number of hydrogen-bond acceptors (Lipinski definition) is 4. The number of anilines is 1. The Balaban J connectivity index is 1.41. The molecule has 4 rings (SSSR count). The number of nitrogens with zero attached hydrogens (tertiary/aromatic N) is 3. The predicted octanol–water partition coefficient (Wildman–Crippen LogP) is 4.78. The first-order valence-electron chi connectivity index (χ1n) is 12.7. The van der Waals surface area contributed by atoms with Crippen LogP contribution in [0.2, 0.25) is 0 Å². The van der Waals surface area contributed by atoms with Gasteiger partial charge in [-0.05, 0) is 62.2 Å². The van der Waals surface area contributed by atoms with Gasteiger partial charge in [-0.25, -0.2) is 4.98 Å². The van der Waals surface area contributed by atoms with Gasteiger partial charge in [-0.15, -0.1) is 0 Å². The fourth-order valence-corrected chi connectivity index (χ4v) is 4.49. The second-order valence-corrected chi connectivity index (χ2v) is 9.27. The van der Waals surface area contributed by atoms with Crippen LogP contribution in [-0.2, 0) is 29.0 Å². The first-order chi connectivity index (χ1) is 18.0. The number of rotatable bonds is 11. The number of carbonyl (C=O) groups excluding carboxylic acids is 2. The van der Waals surface area contributed by atoms with Gasteiger partial charge < -0.3 is 19.5 Å². The minimum Gasteiger partial charge on any atom is -0.497 e. The van der Waals surface area contributed by atoms with Gasteiger partial charge in [0.05, 0.1) is 24.6 Å². The number of hydrogen-bond donors (Lipinski definition) is 1. The summed E-state index contributed by atoms with van der Waals surface area (Å²) in [7, 11) is 1.62. The van der Waals surface area contributed by atoms with Crippen molar-refractivity contribution in [2.45, 2.75) is 45.7 Å². The molecule has 0 spiro atoms. The van der Waals surface area contributed by atoms with E-state index in [1.165, 1.54) is 0 Å². The van der Waals surface area contributed by atoms with E-state index in [4.69, 9.17) is 9.72 Å². The van der Waals surface area contributed by atoms with Gasteiger partial charge in [0.1, 0.15) is 18.1 Å². The summed E-state index contributed by atoms with van der Waals surface area (Å²) in [6.07, 6.45) is 1.69. The Labute approximate surface area is 218 Å². The van der Waals surface area contributed by atoms with Crippen LogP contribution < -0.4 is 15.0 Å². The molecule has 3 aromatic carbocycles. The molecule has 7 nitrogen and oxygen atoms in total. The van der Waals surface area contributed by atoms with E-state index in [1.54, 1.807) is 7.11 Å². The van der Waals surface area contributed by atoms with Gasteiger partial charge >= 0.3 is 0 Å². The quantitative estimate of drug-likeness (QED) is 0.302. The van der Waals surface area contributed by atoms with Gasteiger partial charge in [-0.1, -0.05) is 42.5 Å². The molecule has 7 heteroatoms. The number of methoxy groups -OCH3 is 1. The normalized spacial score (nSPS) is 11.0. The zero-order valence-corrected chi connectivity index (χ0v) is 21.7. The second-order valence-electron chi connectivity index (χ2n) is 9.27. The smallest absolute Gasteiger partial charge is 0.247 e. The van der Waals surface area contributed by atoms with Crippen molar-refractivity contribution in [2.24, 2.45) is 0 Å². The summed E-state index contributed by atoms with van der Waals surface area (Å²) in [6.45, 7) is 4.78. The number of para-hydroxylation sites is 3. The molecule has 192 valence electrons. The Kier molecular flexibility index (Phi) is 8.56. The molecule has 0 unspecified atom stereocenters.